The Balaban J connectivity index is 1.40. The Kier molecular flexibility index (Phi) is 8.33. The van der Waals surface area contributed by atoms with Crippen molar-refractivity contribution in [2.45, 2.75) is 23.7 Å². The third-order valence-corrected chi connectivity index (χ3v) is 11.0. The first kappa shape index (κ1) is 30.8. The highest BCUT2D eigenvalue weighted by molar-refractivity contribution is 9.10. The number of sulfonamides is 1. The predicted molar refractivity (Wildman–Crippen MR) is 170 cm³/mol. The van der Waals surface area contributed by atoms with E-state index in [0.29, 0.717) is 16.0 Å². The van der Waals surface area contributed by atoms with Crippen LogP contribution in [0.5, 0.6) is 0 Å². The monoisotopic (exact) mass is 736 g/mol. The Bertz CT molecular complexity index is 2050. The molecular formula is C29H20BrCl3N4O6S. The van der Waals surface area contributed by atoms with Crippen molar-refractivity contribution in [1.82, 2.24) is 14.4 Å². The van der Waals surface area contributed by atoms with Crippen LogP contribution in [0.25, 0.3) is 22.2 Å². The summed E-state index contributed by atoms with van der Waals surface area (Å²) in [5, 5.41) is 17.1. The second-order valence-electron chi connectivity index (χ2n) is 10.1. The van der Waals surface area contributed by atoms with Gasteiger partial charge in [0.2, 0.25) is 15.8 Å². The molecule has 226 valence electrons. The smallest absolute Gasteiger partial charge is 0.289 e. The summed E-state index contributed by atoms with van der Waals surface area (Å²) in [6.07, 6.45) is 2.12. The summed E-state index contributed by atoms with van der Waals surface area (Å²) in [7, 11) is -4.16. The largest absolute Gasteiger partial charge is 0.360 e. The molecule has 0 radical (unpaired) electrons. The number of halogens is 4. The van der Waals surface area contributed by atoms with E-state index in [1.54, 1.807) is 6.20 Å². The highest BCUT2D eigenvalue weighted by Gasteiger charge is 2.38. The van der Waals surface area contributed by atoms with Crippen LogP contribution < -0.4 is 0 Å². The molecule has 5 aromatic rings. The number of rotatable bonds is 7. The molecule has 1 aliphatic heterocycles. The minimum absolute atomic E-state index is 0.0329. The summed E-state index contributed by atoms with van der Waals surface area (Å²) in [5.74, 6) is -0.536. The molecule has 0 saturated carbocycles. The van der Waals surface area contributed by atoms with Gasteiger partial charge in [0.25, 0.3) is 5.69 Å². The summed E-state index contributed by atoms with van der Waals surface area (Å²) >= 11 is 22.7. The van der Waals surface area contributed by atoms with Crippen LogP contribution >= 0.6 is 50.7 Å². The van der Waals surface area contributed by atoms with Gasteiger partial charge in [-0.05, 0) is 53.0 Å². The van der Waals surface area contributed by atoms with Crippen LogP contribution in [-0.2, 0) is 10.0 Å². The molecule has 1 fully saturated rings. The van der Waals surface area contributed by atoms with Crippen LogP contribution in [0.15, 0.2) is 74.7 Å². The van der Waals surface area contributed by atoms with E-state index in [0.717, 1.165) is 16.1 Å². The van der Waals surface area contributed by atoms with Gasteiger partial charge in [0.15, 0.2) is 10.7 Å². The number of hydrogen-bond donors (Lipinski definition) is 1. The minimum atomic E-state index is -4.16. The van der Waals surface area contributed by atoms with Gasteiger partial charge in [-0.2, -0.15) is 4.31 Å². The first-order valence-electron chi connectivity index (χ1n) is 13.2. The number of aromatic nitrogens is 2. The first-order valence-corrected chi connectivity index (χ1v) is 16.5. The highest BCUT2D eigenvalue weighted by atomic mass is 79.9. The van der Waals surface area contributed by atoms with Crippen LogP contribution in [0.3, 0.4) is 0 Å². The molecule has 0 aliphatic carbocycles. The second kappa shape index (κ2) is 11.9. The number of nitrogens with zero attached hydrogens (tertiary/aromatic N) is 3. The maximum absolute atomic E-state index is 14.3. The van der Waals surface area contributed by atoms with Crippen molar-refractivity contribution in [3.05, 3.63) is 107 Å². The molecular weight excluding hydrogens is 719 g/mol. The van der Waals surface area contributed by atoms with Crippen LogP contribution in [-0.4, -0.2) is 46.7 Å². The van der Waals surface area contributed by atoms with Crippen molar-refractivity contribution >= 4 is 83.1 Å². The molecule has 44 heavy (non-hydrogen) atoms. The van der Waals surface area contributed by atoms with Crippen molar-refractivity contribution in [3.8, 4) is 11.3 Å². The third kappa shape index (κ3) is 5.33. The number of carbonyl (C=O) groups excluding carboxylic acids is 1. The Labute approximate surface area is 274 Å². The fourth-order valence-corrected chi connectivity index (χ4v) is 8.61. The van der Waals surface area contributed by atoms with Crippen LogP contribution in [0.1, 0.15) is 40.4 Å². The van der Waals surface area contributed by atoms with Crippen LogP contribution in [0.4, 0.5) is 5.69 Å². The lowest BCUT2D eigenvalue weighted by Crippen LogP contribution is -2.38. The van der Waals surface area contributed by atoms with Crippen LogP contribution in [0.2, 0.25) is 15.1 Å². The number of nitro groups is 1. The zero-order chi connectivity index (χ0) is 31.3. The highest BCUT2D eigenvalue weighted by Crippen LogP contribution is 2.43. The fourth-order valence-electron chi connectivity index (χ4n) is 5.50. The quantitative estimate of drug-likeness (QED) is 0.101. The Morgan fingerprint density at radius 1 is 1.07 bits per heavy atom. The van der Waals surface area contributed by atoms with Crippen molar-refractivity contribution in [2.75, 3.05) is 13.1 Å². The minimum Gasteiger partial charge on any atom is -0.360 e. The molecule has 6 rings (SSSR count). The summed E-state index contributed by atoms with van der Waals surface area (Å²) in [5.41, 5.74) is 1.15. The first-order chi connectivity index (χ1) is 21.0. The maximum Gasteiger partial charge on any atom is 0.289 e. The second-order valence-corrected chi connectivity index (χ2v) is 14.1. The normalized spacial score (nSPS) is 14.7. The lowest BCUT2D eigenvalue weighted by Gasteiger charge is -2.30. The summed E-state index contributed by atoms with van der Waals surface area (Å²) in [6, 6.07) is 13.7. The number of hydrogen-bond acceptors (Lipinski definition) is 7. The van der Waals surface area contributed by atoms with Crippen molar-refractivity contribution < 1.29 is 22.7 Å². The van der Waals surface area contributed by atoms with Gasteiger partial charge in [0, 0.05) is 57.3 Å². The van der Waals surface area contributed by atoms with Gasteiger partial charge < -0.3 is 9.51 Å². The third-order valence-electron chi connectivity index (χ3n) is 7.60. The van der Waals surface area contributed by atoms with E-state index in [4.69, 9.17) is 39.3 Å². The van der Waals surface area contributed by atoms with E-state index in [2.05, 4.69) is 26.1 Å². The average molecular weight is 739 g/mol. The summed E-state index contributed by atoms with van der Waals surface area (Å²) in [6.45, 7) is 0.0659. The number of aromatic amines is 1. The molecule has 0 unspecified atom stereocenters. The van der Waals surface area contributed by atoms with Gasteiger partial charge >= 0.3 is 0 Å². The Hall–Kier alpha value is -3.26. The lowest BCUT2D eigenvalue weighted by atomic mass is 9.88. The van der Waals surface area contributed by atoms with Gasteiger partial charge in [-0.25, -0.2) is 8.42 Å². The molecule has 3 aromatic carbocycles. The molecule has 1 N–H and O–H groups in total. The average Bonchev–Trinajstić information content (AvgIpc) is 3.62. The lowest BCUT2D eigenvalue weighted by molar-refractivity contribution is -0.387. The van der Waals surface area contributed by atoms with Gasteiger partial charge in [-0.3, -0.25) is 14.9 Å². The number of piperidine rings is 1. The number of nitrogens with one attached hydrogen (secondary N) is 1. The standard InChI is InChI=1S/C29H20BrCl3N4O6S/c30-19-5-3-4-17-18(14-34-26(17)19)28(38)25-27(24-20(32)12-16(31)13-21(24)33)35-43-29(25)15-8-10-36(11-9-15)44(41,42)23-7-2-1-6-22(23)37(39)40/h1-7,12-15,34H,8-11H2. The van der Waals surface area contributed by atoms with E-state index in [-0.39, 0.29) is 63.5 Å². The molecule has 1 saturated heterocycles. The zero-order valence-electron chi connectivity index (χ0n) is 22.4. The topological polar surface area (TPSA) is 139 Å². The van der Waals surface area contributed by atoms with Crippen molar-refractivity contribution in [1.29, 1.82) is 0 Å². The zero-order valence-corrected chi connectivity index (χ0v) is 27.1. The van der Waals surface area contributed by atoms with Gasteiger partial charge in [-0.15, -0.1) is 0 Å². The van der Waals surface area contributed by atoms with Gasteiger partial charge in [0.05, 0.1) is 26.0 Å². The van der Waals surface area contributed by atoms with Crippen molar-refractivity contribution in [3.63, 3.8) is 0 Å². The summed E-state index contributed by atoms with van der Waals surface area (Å²) < 4.78 is 34.6. The number of benzene rings is 3. The number of carbonyl (C=O) groups is 1. The number of fused-ring (bicyclic) bond motifs is 1. The summed E-state index contributed by atoms with van der Waals surface area (Å²) in [4.78, 5) is 27.9. The Morgan fingerprint density at radius 2 is 1.75 bits per heavy atom. The molecule has 15 heteroatoms. The Morgan fingerprint density at radius 3 is 2.43 bits per heavy atom. The molecule has 0 amide bonds. The molecule has 0 atom stereocenters. The van der Waals surface area contributed by atoms with E-state index in [1.165, 1.54) is 34.6 Å². The van der Waals surface area contributed by atoms with Crippen LogP contribution in [0, 0.1) is 10.1 Å². The number of ketones is 1. The van der Waals surface area contributed by atoms with Crippen molar-refractivity contribution in [2.24, 2.45) is 0 Å². The molecule has 3 heterocycles. The van der Waals surface area contributed by atoms with E-state index in [9.17, 15) is 23.3 Å². The van der Waals surface area contributed by atoms with E-state index >= 15 is 0 Å². The molecule has 10 nitrogen and oxygen atoms in total. The van der Waals surface area contributed by atoms with E-state index in [1.807, 2.05) is 18.2 Å². The van der Waals surface area contributed by atoms with E-state index < -0.39 is 32.3 Å². The molecule has 1 aliphatic rings. The predicted octanol–water partition coefficient (Wildman–Crippen LogP) is 8.25. The maximum atomic E-state index is 14.3. The number of H-pyrrole nitrogens is 1. The molecule has 0 bridgehead atoms. The SMILES string of the molecule is O=C(c1c(-c2c(Cl)cc(Cl)cc2Cl)noc1C1CCN(S(=O)(=O)c2ccccc2[N+](=O)[O-])CC1)c1c[nH]c2c(Br)cccc12. The fraction of sp³-hybridized carbons (Fsp3) is 0.172. The molecule has 0 spiro atoms. The van der Waals surface area contributed by atoms with Gasteiger partial charge in [0.1, 0.15) is 5.69 Å². The molecule has 2 aromatic heterocycles. The number of nitro benzene ring substituents is 1. The number of para-hydroxylation sites is 2. The van der Waals surface area contributed by atoms with Gasteiger partial charge in [-0.1, -0.05) is 64.2 Å².